The molecule has 0 aliphatic rings. The number of aliphatic hydroxyl groups is 1. The van der Waals surface area contributed by atoms with Crippen LogP contribution in [0, 0.1) is 6.92 Å². The Morgan fingerprint density at radius 3 is 2.44 bits per heavy atom. The third kappa shape index (κ3) is 4.31. The zero-order valence-corrected chi connectivity index (χ0v) is 10.5. The number of benzene rings is 1. The van der Waals surface area contributed by atoms with E-state index in [2.05, 4.69) is 5.32 Å². The highest BCUT2D eigenvalue weighted by molar-refractivity contribution is 5.31. The predicted octanol–water partition coefficient (Wildman–Crippen LogP) is 2.87. The molecule has 18 heavy (non-hydrogen) atoms. The van der Waals surface area contributed by atoms with E-state index in [1.54, 1.807) is 13.0 Å². The standard InChI is InChI=1S/C13H18F3NO/c1-3-12(8-18)17-7-10-4-9(2)5-11(6-10)13(14,15)16/h4-6,12,17-18H,3,7-8H2,1-2H3. The van der Waals surface area contributed by atoms with E-state index >= 15 is 0 Å². The van der Waals surface area contributed by atoms with Crippen LogP contribution in [0.3, 0.4) is 0 Å². The zero-order chi connectivity index (χ0) is 13.8. The highest BCUT2D eigenvalue weighted by Crippen LogP contribution is 2.30. The van der Waals surface area contributed by atoms with E-state index < -0.39 is 11.7 Å². The Hall–Kier alpha value is -1.07. The first kappa shape index (κ1) is 15.0. The molecule has 2 nitrogen and oxygen atoms in total. The van der Waals surface area contributed by atoms with Crippen molar-refractivity contribution in [3.63, 3.8) is 0 Å². The van der Waals surface area contributed by atoms with Gasteiger partial charge in [0.25, 0.3) is 0 Å². The molecule has 0 aliphatic heterocycles. The van der Waals surface area contributed by atoms with Crippen molar-refractivity contribution in [2.75, 3.05) is 6.61 Å². The summed E-state index contributed by atoms with van der Waals surface area (Å²) in [6.07, 6.45) is -3.59. The van der Waals surface area contributed by atoms with Crippen molar-refractivity contribution in [3.05, 3.63) is 34.9 Å². The summed E-state index contributed by atoms with van der Waals surface area (Å²) in [6.45, 7) is 3.85. The lowest BCUT2D eigenvalue weighted by molar-refractivity contribution is -0.137. The van der Waals surface area contributed by atoms with Crippen LogP contribution in [0.25, 0.3) is 0 Å². The highest BCUT2D eigenvalue weighted by atomic mass is 19.4. The van der Waals surface area contributed by atoms with Crippen molar-refractivity contribution in [2.24, 2.45) is 0 Å². The van der Waals surface area contributed by atoms with Gasteiger partial charge in [0.1, 0.15) is 0 Å². The molecule has 0 bridgehead atoms. The Morgan fingerprint density at radius 1 is 1.28 bits per heavy atom. The molecule has 1 aromatic rings. The van der Waals surface area contributed by atoms with Crippen molar-refractivity contribution < 1.29 is 18.3 Å². The maximum atomic E-state index is 12.6. The van der Waals surface area contributed by atoms with Crippen LogP contribution in [0.1, 0.15) is 30.0 Å². The number of nitrogens with one attached hydrogen (secondary N) is 1. The summed E-state index contributed by atoms with van der Waals surface area (Å²) in [5, 5.41) is 12.0. The van der Waals surface area contributed by atoms with Gasteiger partial charge >= 0.3 is 6.18 Å². The molecule has 102 valence electrons. The molecule has 2 N–H and O–H groups in total. The summed E-state index contributed by atoms with van der Waals surface area (Å²) in [4.78, 5) is 0. The van der Waals surface area contributed by atoms with E-state index in [-0.39, 0.29) is 12.6 Å². The number of hydrogen-bond donors (Lipinski definition) is 2. The fourth-order valence-electron chi connectivity index (χ4n) is 1.73. The van der Waals surface area contributed by atoms with Gasteiger partial charge in [0, 0.05) is 12.6 Å². The lowest BCUT2D eigenvalue weighted by Gasteiger charge is -2.15. The zero-order valence-electron chi connectivity index (χ0n) is 10.5. The summed E-state index contributed by atoms with van der Waals surface area (Å²) in [5.41, 5.74) is 0.532. The molecule has 0 spiro atoms. The van der Waals surface area contributed by atoms with Gasteiger partial charge in [-0.05, 0) is 31.0 Å². The lowest BCUT2D eigenvalue weighted by Crippen LogP contribution is -2.31. The number of aliphatic hydroxyl groups excluding tert-OH is 1. The van der Waals surface area contributed by atoms with Crippen LogP contribution in [0.15, 0.2) is 18.2 Å². The SMILES string of the molecule is CCC(CO)NCc1cc(C)cc(C(F)(F)F)c1. The maximum Gasteiger partial charge on any atom is 0.416 e. The molecule has 0 aromatic heterocycles. The lowest BCUT2D eigenvalue weighted by atomic mass is 10.1. The van der Waals surface area contributed by atoms with Crippen LogP contribution in [0.4, 0.5) is 13.2 Å². The number of alkyl halides is 3. The molecule has 1 rings (SSSR count). The van der Waals surface area contributed by atoms with Crippen LogP contribution < -0.4 is 5.32 Å². The Labute approximate surface area is 105 Å². The molecule has 1 atom stereocenters. The third-order valence-electron chi connectivity index (χ3n) is 2.77. The number of aryl methyl sites for hydroxylation is 1. The van der Waals surface area contributed by atoms with Crippen LogP contribution in [-0.4, -0.2) is 17.8 Å². The molecular formula is C13H18F3NO. The topological polar surface area (TPSA) is 32.3 Å². The molecule has 0 fully saturated rings. The van der Waals surface area contributed by atoms with Gasteiger partial charge in [-0.3, -0.25) is 0 Å². The highest BCUT2D eigenvalue weighted by Gasteiger charge is 2.30. The van der Waals surface area contributed by atoms with Crippen molar-refractivity contribution >= 4 is 0 Å². The minimum absolute atomic E-state index is 0.0194. The first-order valence-electron chi connectivity index (χ1n) is 5.88. The first-order valence-corrected chi connectivity index (χ1v) is 5.88. The number of halogens is 3. The average Bonchev–Trinajstić information content (AvgIpc) is 2.28. The third-order valence-corrected chi connectivity index (χ3v) is 2.77. The fourth-order valence-corrected chi connectivity index (χ4v) is 1.73. The fraction of sp³-hybridized carbons (Fsp3) is 0.538. The monoisotopic (exact) mass is 261 g/mol. The summed E-state index contributed by atoms with van der Waals surface area (Å²) in [7, 11) is 0. The van der Waals surface area contributed by atoms with E-state index in [4.69, 9.17) is 5.11 Å². The van der Waals surface area contributed by atoms with Crippen molar-refractivity contribution in [1.82, 2.24) is 5.32 Å². The molecule has 0 aliphatic carbocycles. The van der Waals surface area contributed by atoms with Gasteiger partial charge in [-0.2, -0.15) is 13.2 Å². The summed E-state index contributed by atoms with van der Waals surface area (Å²) in [6, 6.07) is 3.91. The largest absolute Gasteiger partial charge is 0.416 e. The van der Waals surface area contributed by atoms with Crippen LogP contribution in [-0.2, 0) is 12.7 Å². The molecule has 0 amide bonds. The molecule has 1 aromatic carbocycles. The van der Waals surface area contributed by atoms with Crippen molar-refractivity contribution in [3.8, 4) is 0 Å². The number of hydrogen-bond acceptors (Lipinski definition) is 2. The summed E-state index contributed by atoms with van der Waals surface area (Å²) in [5.74, 6) is 0. The van der Waals surface area contributed by atoms with Gasteiger partial charge in [-0.25, -0.2) is 0 Å². The minimum Gasteiger partial charge on any atom is -0.395 e. The molecule has 1 unspecified atom stereocenters. The molecule has 0 saturated heterocycles. The van der Waals surface area contributed by atoms with Gasteiger partial charge < -0.3 is 10.4 Å². The van der Waals surface area contributed by atoms with Crippen LogP contribution >= 0.6 is 0 Å². The van der Waals surface area contributed by atoms with E-state index in [0.29, 0.717) is 17.7 Å². The quantitative estimate of drug-likeness (QED) is 0.854. The van der Waals surface area contributed by atoms with Gasteiger partial charge in [0.15, 0.2) is 0 Å². The molecular weight excluding hydrogens is 243 g/mol. The van der Waals surface area contributed by atoms with Crippen molar-refractivity contribution in [2.45, 2.75) is 39.0 Å². The van der Waals surface area contributed by atoms with E-state index in [1.165, 1.54) is 0 Å². The van der Waals surface area contributed by atoms with Crippen LogP contribution in [0.2, 0.25) is 0 Å². The predicted molar refractivity (Wildman–Crippen MR) is 64.2 cm³/mol. The summed E-state index contributed by atoms with van der Waals surface area (Å²) >= 11 is 0. The Kier molecular flexibility index (Phi) is 5.16. The van der Waals surface area contributed by atoms with Gasteiger partial charge in [0.2, 0.25) is 0 Å². The second kappa shape index (κ2) is 6.20. The van der Waals surface area contributed by atoms with Gasteiger partial charge in [-0.15, -0.1) is 0 Å². The maximum absolute atomic E-state index is 12.6. The molecule has 0 saturated carbocycles. The second-order valence-corrected chi connectivity index (χ2v) is 4.37. The second-order valence-electron chi connectivity index (χ2n) is 4.37. The Morgan fingerprint density at radius 2 is 1.94 bits per heavy atom. The van der Waals surface area contributed by atoms with Gasteiger partial charge in [-0.1, -0.05) is 18.6 Å². The van der Waals surface area contributed by atoms with E-state index in [9.17, 15) is 13.2 Å². The van der Waals surface area contributed by atoms with Gasteiger partial charge in [0.05, 0.1) is 12.2 Å². The molecule has 0 heterocycles. The average molecular weight is 261 g/mol. The summed E-state index contributed by atoms with van der Waals surface area (Å²) < 4.78 is 37.9. The van der Waals surface area contributed by atoms with Crippen LogP contribution in [0.5, 0.6) is 0 Å². The normalized spacial score (nSPS) is 13.7. The smallest absolute Gasteiger partial charge is 0.395 e. The van der Waals surface area contributed by atoms with E-state index in [1.807, 2.05) is 6.92 Å². The van der Waals surface area contributed by atoms with E-state index in [0.717, 1.165) is 18.6 Å². The molecule has 0 radical (unpaired) electrons. The minimum atomic E-state index is -4.32. The Balaban J connectivity index is 2.81. The van der Waals surface area contributed by atoms with Crippen molar-refractivity contribution in [1.29, 1.82) is 0 Å². The number of rotatable bonds is 5. The first-order chi connectivity index (χ1) is 8.36. The Bertz CT molecular complexity index is 386. The molecule has 5 heteroatoms.